The fourth-order valence-corrected chi connectivity index (χ4v) is 1.19. The number of pyridine rings is 1. The molecule has 0 atom stereocenters. The Bertz CT molecular complexity index is 342. The largest absolute Gasteiger partial charge is 0.477 e. The van der Waals surface area contributed by atoms with Gasteiger partial charge in [0.15, 0.2) is 5.69 Å². The van der Waals surface area contributed by atoms with Crippen molar-refractivity contribution in [3.8, 4) is 0 Å². The van der Waals surface area contributed by atoms with Crippen molar-refractivity contribution < 1.29 is 14.6 Å². The number of aromatic carboxylic acids is 1. The van der Waals surface area contributed by atoms with Crippen LogP contribution in [0.5, 0.6) is 0 Å². The van der Waals surface area contributed by atoms with Gasteiger partial charge in [-0.25, -0.2) is 9.78 Å². The molecule has 0 saturated heterocycles. The van der Waals surface area contributed by atoms with Crippen LogP contribution in [0.4, 0.5) is 5.82 Å². The molecular weight excluding hydrogens is 208 g/mol. The van der Waals surface area contributed by atoms with Gasteiger partial charge in [-0.15, -0.1) is 0 Å². The smallest absolute Gasteiger partial charge is 0.354 e. The summed E-state index contributed by atoms with van der Waals surface area (Å²) in [5.41, 5.74) is 0.0507. The van der Waals surface area contributed by atoms with Crippen molar-refractivity contribution in [2.45, 2.75) is 13.3 Å². The summed E-state index contributed by atoms with van der Waals surface area (Å²) in [6, 6.07) is 4.88. The first-order valence-electron chi connectivity index (χ1n) is 5.26. The molecule has 2 N–H and O–H groups in total. The second kappa shape index (κ2) is 6.79. The van der Waals surface area contributed by atoms with Crippen molar-refractivity contribution >= 4 is 11.8 Å². The van der Waals surface area contributed by atoms with E-state index in [4.69, 9.17) is 9.84 Å². The van der Waals surface area contributed by atoms with E-state index in [1.54, 1.807) is 12.1 Å². The summed E-state index contributed by atoms with van der Waals surface area (Å²) in [5.74, 6) is -0.436. The van der Waals surface area contributed by atoms with Crippen LogP contribution >= 0.6 is 0 Å². The molecule has 1 rings (SSSR count). The lowest BCUT2D eigenvalue weighted by molar-refractivity contribution is 0.0690. The molecule has 0 aliphatic rings. The predicted molar refractivity (Wildman–Crippen MR) is 60.8 cm³/mol. The van der Waals surface area contributed by atoms with Gasteiger partial charge < -0.3 is 15.2 Å². The highest BCUT2D eigenvalue weighted by molar-refractivity contribution is 5.85. The van der Waals surface area contributed by atoms with E-state index in [1.165, 1.54) is 6.07 Å². The fourth-order valence-electron chi connectivity index (χ4n) is 1.19. The van der Waals surface area contributed by atoms with E-state index in [2.05, 4.69) is 10.3 Å². The quantitative estimate of drug-likeness (QED) is 0.688. The zero-order valence-electron chi connectivity index (χ0n) is 9.27. The first kappa shape index (κ1) is 12.4. The molecule has 0 bridgehead atoms. The molecule has 1 aromatic rings. The van der Waals surface area contributed by atoms with Gasteiger partial charge >= 0.3 is 5.97 Å². The molecular formula is C11H16N2O3. The maximum Gasteiger partial charge on any atom is 0.354 e. The molecule has 0 spiro atoms. The number of carbonyl (C=O) groups is 1. The minimum atomic E-state index is -1.02. The van der Waals surface area contributed by atoms with Crippen LogP contribution in [0.25, 0.3) is 0 Å². The van der Waals surface area contributed by atoms with E-state index in [1.807, 2.05) is 6.92 Å². The lowest BCUT2D eigenvalue weighted by Crippen LogP contribution is -2.08. The number of carboxylic acids is 1. The molecule has 0 amide bonds. The van der Waals surface area contributed by atoms with Crippen molar-refractivity contribution in [1.29, 1.82) is 0 Å². The number of nitrogens with zero attached hydrogens (tertiary/aromatic N) is 1. The highest BCUT2D eigenvalue weighted by Gasteiger charge is 2.04. The summed E-state index contributed by atoms with van der Waals surface area (Å²) >= 11 is 0. The van der Waals surface area contributed by atoms with Crippen molar-refractivity contribution in [1.82, 2.24) is 4.98 Å². The number of hydrogen-bond donors (Lipinski definition) is 2. The Balaban J connectivity index is 2.36. The third-order valence-corrected chi connectivity index (χ3v) is 1.94. The third-order valence-electron chi connectivity index (χ3n) is 1.94. The van der Waals surface area contributed by atoms with E-state index in [0.29, 0.717) is 19.0 Å². The van der Waals surface area contributed by atoms with E-state index in [0.717, 1.165) is 13.0 Å². The lowest BCUT2D eigenvalue weighted by Gasteiger charge is -2.05. The van der Waals surface area contributed by atoms with E-state index >= 15 is 0 Å². The molecule has 16 heavy (non-hydrogen) atoms. The van der Waals surface area contributed by atoms with Gasteiger partial charge in [-0.05, 0) is 25.5 Å². The van der Waals surface area contributed by atoms with Crippen LogP contribution in [-0.2, 0) is 4.74 Å². The molecule has 5 heteroatoms. The first-order chi connectivity index (χ1) is 7.74. The SMILES string of the molecule is CCOCCCNc1cccc(C(=O)O)n1. The first-order valence-corrected chi connectivity index (χ1v) is 5.26. The summed E-state index contributed by atoms with van der Waals surface area (Å²) in [6.07, 6.45) is 0.868. The normalized spacial score (nSPS) is 10.1. The van der Waals surface area contributed by atoms with Crippen LogP contribution in [0.3, 0.4) is 0 Å². The zero-order chi connectivity index (χ0) is 11.8. The van der Waals surface area contributed by atoms with Gasteiger partial charge in [-0.3, -0.25) is 0 Å². The Morgan fingerprint density at radius 1 is 1.56 bits per heavy atom. The van der Waals surface area contributed by atoms with Crippen LogP contribution in [0.15, 0.2) is 18.2 Å². The highest BCUT2D eigenvalue weighted by Crippen LogP contribution is 2.04. The minimum Gasteiger partial charge on any atom is -0.477 e. The van der Waals surface area contributed by atoms with Gasteiger partial charge in [0.2, 0.25) is 0 Å². The summed E-state index contributed by atoms with van der Waals surface area (Å²) in [7, 11) is 0. The maximum absolute atomic E-state index is 10.7. The maximum atomic E-state index is 10.7. The predicted octanol–water partition coefficient (Wildman–Crippen LogP) is 1.62. The van der Waals surface area contributed by atoms with Crippen molar-refractivity contribution in [3.05, 3.63) is 23.9 Å². The van der Waals surface area contributed by atoms with Crippen LogP contribution in [0.1, 0.15) is 23.8 Å². The van der Waals surface area contributed by atoms with Crippen molar-refractivity contribution in [2.24, 2.45) is 0 Å². The molecule has 0 aliphatic heterocycles. The Labute approximate surface area is 94.5 Å². The number of carboxylic acid groups (broad SMARTS) is 1. The van der Waals surface area contributed by atoms with Gasteiger partial charge in [0.1, 0.15) is 5.82 Å². The number of aromatic nitrogens is 1. The molecule has 1 heterocycles. The minimum absolute atomic E-state index is 0.0507. The van der Waals surface area contributed by atoms with Crippen molar-refractivity contribution in [3.63, 3.8) is 0 Å². The molecule has 5 nitrogen and oxygen atoms in total. The third kappa shape index (κ3) is 4.27. The molecule has 88 valence electrons. The van der Waals surface area contributed by atoms with Crippen LogP contribution in [0, 0.1) is 0 Å². The molecule has 0 unspecified atom stereocenters. The van der Waals surface area contributed by atoms with Crippen LogP contribution in [0.2, 0.25) is 0 Å². The number of ether oxygens (including phenoxy) is 1. The molecule has 0 saturated carbocycles. The second-order valence-corrected chi connectivity index (χ2v) is 3.19. The van der Waals surface area contributed by atoms with Gasteiger partial charge in [0.25, 0.3) is 0 Å². The lowest BCUT2D eigenvalue weighted by atomic mass is 10.3. The Morgan fingerprint density at radius 3 is 3.06 bits per heavy atom. The zero-order valence-corrected chi connectivity index (χ0v) is 9.27. The average molecular weight is 224 g/mol. The number of rotatable bonds is 7. The molecule has 0 aliphatic carbocycles. The van der Waals surface area contributed by atoms with Crippen LogP contribution < -0.4 is 5.32 Å². The second-order valence-electron chi connectivity index (χ2n) is 3.19. The average Bonchev–Trinajstić information content (AvgIpc) is 2.29. The van der Waals surface area contributed by atoms with E-state index < -0.39 is 5.97 Å². The Kier molecular flexibility index (Phi) is 5.28. The molecule has 0 fully saturated rings. The number of hydrogen-bond acceptors (Lipinski definition) is 4. The molecule has 0 aromatic carbocycles. The van der Waals surface area contributed by atoms with E-state index in [9.17, 15) is 4.79 Å². The summed E-state index contributed by atoms with van der Waals surface area (Å²) in [4.78, 5) is 14.6. The van der Waals surface area contributed by atoms with Gasteiger partial charge in [0.05, 0.1) is 0 Å². The number of anilines is 1. The van der Waals surface area contributed by atoms with Crippen LogP contribution in [-0.4, -0.2) is 35.8 Å². The number of nitrogens with one attached hydrogen (secondary N) is 1. The van der Waals surface area contributed by atoms with Gasteiger partial charge in [0, 0.05) is 19.8 Å². The topological polar surface area (TPSA) is 71.5 Å². The van der Waals surface area contributed by atoms with Gasteiger partial charge in [-0.2, -0.15) is 0 Å². The Hall–Kier alpha value is -1.62. The fraction of sp³-hybridized carbons (Fsp3) is 0.455. The van der Waals surface area contributed by atoms with Gasteiger partial charge in [-0.1, -0.05) is 6.07 Å². The monoisotopic (exact) mass is 224 g/mol. The molecule has 0 radical (unpaired) electrons. The van der Waals surface area contributed by atoms with Crippen molar-refractivity contribution in [2.75, 3.05) is 25.1 Å². The summed E-state index contributed by atoms with van der Waals surface area (Å²) in [5, 5.41) is 11.8. The molecule has 1 aromatic heterocycles. The highest BCUT2D eigenvalue weighted by atomic mass is 16.5. The summed E-state index contributed by atoms with van der Waals surface area (Å²) < 4.78 is 5.18. The Morgan fingerprint density at radius 2 is 2.38 bits per heavy atom. The standard InChI is InChI=1S/C11H16N2O3/c1-2-16-8-4-7-12-10-6-3-5-9(13-10)11(14)15/h3,5-6H,2,4,7-8H2,1H3,(H,12,13)(H,14,15). The van der Waals surface area contributed by atoms with E-state index in [-0.39, 0.29) is 5.69 Å². The summed E-state index contributed by atoms with van der Waals surface area (Å²) in [6.45, 7) is 4.08.